The highest BCUT2D eigenvalue weighted by molar-refractivity contribution is 5.48. The van der Waals surface area contributed by atoms with Crippen LogP contribution in [-0.4, -0.2) is 37.8 Å². The normalized spacial score (nSPS) is 21.7. The van der Waals surface area contributed by atoms with Crippen molar-refractivity contribution in [2.75, 3.05) is 18.5 Å². The van der Waals surface area contributed by atoms with Gasteiger partial charge in [0.15, 0.2) is 5.82 Å². The molecule has 2 aromatic heterocycles. The van der Waals surface area contributed by atoms with Crippen LogP contribution in [0.25, 0.3) is 5.65 Å². The molecule has 2 atom stereocenters. The van der Waals surface area contributed by atoms with E-state index in [1.807, 2.05) is 0 Å². The third kappa shape index (κ3) is 2.76. The van der Waals surface area contributed by atoms with Crippen LogP contribution in [0.5, 0.6) is 0 Å². The van der Waals surface area contributed by atoms with Gasteiger partial charge in [-0.15, -0.1) is 0 Å². The number of hydrogen-bond donors (Lipinski definition) is 2. The summed E-state index contributed by atoms with van der Waals surface area (Å²) in [6, 6.07) is 9.62. The highest BCUT2D eigenvalue weighted by Crippen LogP contribution is 2.58. The van der Waals surface area contributed by atoms with Crippen molar-refractivity contribution in [3.8, 4) is 0 Å². The Morgan fingerprint density at radius 2 is 2.12 bits per heavy atom. The zero-order valence-corrected chi connectivity index (χ0v) is 13.7. The number of hydrogen-bond acceptors (Lipinski definition) is 6. The number of aliphatic hydroxyl groups excluding tert-OH is 1. The molecule has 0 bridgehead atoms. The summed E-state index contributed by atoms with van der Waals surface area (Å²) in [6.07, 6.45) is 1.93. The Bertz CT molecular complexity index is 974. The van der Waals surface area contributed by atoms with Crippen LogP contribution in [0.2, 0.25) is 0 Å². The third-order valence-corrected chi connectivity index (χ3v) is 4.93. The lowest BCUT2D eigenvalue weighted by atomic mass is 10.00. The van der Waals surface area contributed by atoms with Crippen LogP contribution in [0.4, 0.5) is 16.0 Å². The van der Waals surface area contributed by atoms with E-state index in [2.05, 4.69) is 15.4 Å². The second-order valence-corrected chi connectivity index (χ2v) is 6.54. The average Bonchev–Trinajstić information content (AvgIpc) is 3.21. The van der Waals surface area contributed by atoms with Crippen molar-refractivity contribution >= 4 is 17.3 Å². The summed E-state index contributed by atoms with van der Waals surface area (Å²) in [4.78, 5) is 14.4. The van der Waals surface area contributed by atoms with Gasteiger partial charge in [-0.3, -0.25) is 0 Å². The predicted molar refractivity (Wildman–Crippen MR) is 91.4 cm³/mol. The first kappa shape index (κ1) is 16.4. The van der Waals surface area contributed by atoms with Gasteiger partial charge in [0, 0.05) is 18.0 Å². The molecule has 1 aliphatic carbocycles. The molecule has 0 spiro atoms. The number of nitrogens with zero attached hydrogens (tertiary/aromatic N) is 4. The second-order valence-electron chi connectivity index (χ2n) is 6.54. The van der Waals surface area contributed by atoms with E-state index >= 15 is 0 Å². The van der Waals surface area contributed by atoms with Gasteiger partial charge in [0.2, 0.25) is 5.65 Å². The van der Waals surface area contributed by atoms with Gasteiger partial charge in [0.05, 0.1) is 6.61 Å². The molecule has 1 aromatic carbocycles. The molecule has 1 aliphatic rings. The van der Waals surface area contributed by atoms with E-state index in [4.69, 9.17) is 0 Å². The zero-order chi connectivity index (χ0) is 18.3. The Labute approximate surface area is 147 Å². The highest BCUT2D eigenvalue weighted by Gasteiger charge is 2.54. The van der Waals surface area contributed by atoms with Crippen LogP contribution in [0.3, 0.4) is 0 Å². The SMILES string of the molecule is O=[N+]([O-])c1cnc2ccc(NCC3(CO)CC3c3ccc(F)cc3)nn12. The fraction of sp³-hybridized carbons (Fsp3) is 0.294. The summed E-state index contributed by atoms with van der Waals surface area (Å²) in [5.74, 6) is 0.0841. The smallest absolute Gasteiger partial charge is 0.368 e. The number of imidazole rings is 1. The molecule has 134 valence electrons. The summed E-state index contributed by atoms with van der Waals surface area (Å²) >= 11 is 0. The van der Waals surface area contributed by atoms with Gasteiger partial charge in [0.1, 0.15) is 12.0 Å². The van der Waals surface area contributed by atoms with Crippen molar-refractivity contribution in [1.82, 2.24) is 14.6 Å². The molecule has 8 nitrogen and oxygen atoms in total. The molecule has 0 radical (unpaired) electrons. The number of aromatic nitrogens is 3. The van der Waals surface area contributed by atoms with Crippen LogP contribution in [0, 0.1) is 21.3 Å². The minimum atomic E-state index is -0.544. The highest BCUT2D eigenvalue weighted by atomic mass is 19.1. The number of nitrogens with one attached hydrogen (secondary N) is 1. The molecule has 0 saturated heterocycles. The van der Waals surface area contributed by atoms with Gasteiger partial charge in [-0.1, -0.05) is 21.7 Å². The number of rotatable bonds is 6. The van der Waals surface area contributed by atoms with Crippen molar-refractivity contribution < 1.29 is 14.4 Å². The first-order chi connectivity index (χ1) is 12.5. The Morgan fingerprint density at radius 3 is 2.81 bits per heavy atom. The van der Waals surface area contributed by atoms with Crippen molar-refractivity contribution in [3.63, 3.8) is 0 Å². The van der Waals surface area contributed by atoms with E-state index < -0.39 is 4.92 Å². The molecule has 26 heavy (non-hydrogen) atoms. The second kappa shape index (κ2) is 6.03. The summed E-state index contributed by atoms with van der Waals surface area (Å²) in [6.45, 7) is 0.433. The number of anilines is 1. The maximum absolute atomic E-state index is 13.1. The molecule has 0 amide bonds. The summed E-state index contributed by atoms with van der Waals surface area (Å²) in [5, 5.41) is 28.2. The molecule has 9 heteroatoms. The minimum absolute atomic E-state index is 0.0183. The van der Waals surface area contributed by atoms with Gasteiger partial charge in [-0.05, 0) is 41.0 Å². The number of benzene rings is 1. The molecule has 1 saturated carbocycles. The predicted octanol–water partition coefficient (Wildman–Crippen LogP) is 2.35. The van der Waals surface area contributed by atoms with E-state index in [-0.39, 0.29) is 29.6 Å². The Hall–Kier alpha value is -3.07. The van der Waals surface area contributed by atoms with E-state index in [0.29, 0.717) is 18.0 Å². The monoisotopic (exact) mass is 357 g/mol. The summed E-state index contributed by atoms with van der Waals surface area (Å²) < 4.78 is 14.2. The van der Waals surface area contributed by atoms with Crippen molar-refractivity contribution in [2.24, 2.45) is 5.41 Å². The van der Waals surface area contributed by atoms with Crippen molar-refractivity contribution in [2.45, 2.75) is 12.3 Å². The molecule has 1 fully saturated rings. The zero-order valence-electron chi connectivity index (χ0n) is 13.7. The topological polar surface area (TPSA) is 106 Å². The fourth-order valence-corrected chi connectivity index (χ4v) is 3.29. The molecule has 2 heterocycles. The van der Waals surface area contributed by atoms with Crippen LogP contribution >= 0.6 is 0 Å². The first-order valence-electron chi connectivity index (χ1n) is 8.12. The molecule has 0 aliphatic heterocycles. The van der Waals surface area contributed by atoms with E-state index in [9.17, 15) is 19.6 Å². The third-order valence-electron chi connectivity index (χ3n) is 4.93. The number of aliphatic hydroxyl groups is 1. The fourth-order valence-electron chi connectivity index (χ4n) is 3.29. The van der Waals surface area contributed by atoms with Crippen LogP contribution in [0.15, 0.2) is 42.6 Å². The largest absolute Gasteiger partial charge is 0.396 e. The minimum Gasteiger partial charge on any atom is -0.396 e. The van der Waals surface area contributed by atoms with Crippen LogP contribution in [0.1, 0.15) is 17.9 Å². The van der Waals surface area contributed by atoms with Crippen LogP contribution in [-0.2, 0) is 0 Å². The maximum Gasteiger partial charge on any atom is 0.368 e. The van der Waals surface area contributed by atoms with Gasteiger partial charge in [0.25, 0.3) is 0 Å². The summed E-state index contributed by atoms with van der Waals surface area (Å²) in [7, 11) is 0. The van der Waals surface area contributed by atoms with Gasteiger partial charge in [-0.25, -0.2) is 9.37 Å². The van der Waals surface area contributed by atoms with Crippen LogP contribution < -0.4 is 5.32 Å². The van der Waals surface area contributed by atoms with Gasteiger partial charge < -0.3 is 20.5 Å². The lowest BCUT2D eigenvalue weighted by molar-refractivity contribution is -0.391. The molecule has 2 unspecified atom stereocenters. The Balaban J connectivity index is 1.51. The summed E-state index contributed by atoms with van der Waals surface area (Å²) in [5.41, 5.74) is 1.01. The molecule has 3 aromatic rings. The maximum atomic E-state index is 13.1. The van der Waals surface area contributed by atoms with Crippen molar-refractivity contribution in [3.05, 3.63) is 64.1 Å². The molecular formula is C17H16FN5O3. The van der Waals surface area contributed by atoms with E-state index in [1.165, 1.54) is 12.1 Å². The Kier molecular flexibility index (Phi) is 3.80. The van der Waals surface area contributed by atoms with Gasteiger partial charge >= 0.3 is 5.82 Å². The lowest BCUT2D eigenvalue weighted by Gasteiger charge is -2.15. The Morgan fingerprint density at radius 1 is 1.35 bits per heavy atom. The first-order valence-corrected chi connectivity index (χ1v) is 8.12. The number of halogens is 1. The number of nitro groups is 1. The standard InChI is InChI=1S/C17H16FN5O3/c18-12-3-1-11(2-4-12)13-7-17(13,10-24)9-20-14-5-6-15-19-8-16(23(25)26)22(15)21-14/h1-6,8,13,24H,7,9-10H2,(H,20,21). The molecular weight excluding hydrogens is 341 g/mol. The quantitative estimate of drug-likeness (QED) is 0.518. The average molecular weight is 357 g/mol. The van der Waals surface area contributed by atoms with Gasteiger partial charge in [-0.2, -0.15) is 0 Å². The van der Waals surface area contributed by atoms with E-state index in [0.717, 1.165) is 22.7 Å². The number of fused-ring (bicyclic) bond motifs is 1. The van der Waals surface area contributed by atoms with Crippen molar-refractivity contribution in [1.29, 1.82) is 0 Å². The molecule has 2 N–H and O–H groups in total. The molecule has 4 rings (SSSR count). The lowest BCUT2D eigenvalue weighted by Crippen LogP contribution is -2.22. The van der Waals surface area contributed by atoms with E-state index in [1.54, 1.807) is 24.3 Å².